The first-order valence-electron chi connectivity index (χ1n) is 10.7. The number of rotatable bonds is 11. The molecule has 1 atom stereocenters. The van der Waals surface area contributed by atoms with Crippen LogP contribution in [0.4, 0.5) is 0 Å². The summed E-state index contributed by atoms with van der Waals surface area (Å²) < 4.78 is 11.4. The van der Waals surface area contributed by atoms with Gasteiger partial charge in [-0.05, 0) is 71.4 Å². The van der Waals surface area contributed by atoms with E-state index in [1.165, 1.54) is 6.21 Å². The molecule has 2 aromatic carbocycles. The fourth-order valence-corrected chi connectivity index (χ4v) is 3.44. The minimum atomic E-state index is -0.763. The molecule has 0 heterocycles. The molecule has 0 saturated carbocycles. The van der Waals surface area contributed by atoms with Crippen LogP contribution in [0.5, 0.6) is 17.2 Å². The van der Waals surface area contributed by atoms with Crippen molar-refractivity contribution in [1.82, 2.24) is 10.7 Å². The molecule has 9 heteroatoms. The number of amides is 2. The lowest BCUT2D eigenvalue weighted by Gasteiger charge is -2.19. The van der Waals surface area contributed by atoms with Crippen LogP contribution in [0.15, 0.2) is 46.0 Å². The molecule has 0 fully saturated rings. The Bertz CT molecular complexity index is 994. The number of carbonyl (C=O) groups excluding carboxylic acids is 2. The number of halogens is 1. The van der Waals surface area contributed by atoms with Gasteiger partial charge in [0.05, 0.1) is 17.3 Å². The second kappa shape index (κ2) is 12.8. The molecule has 0 aliphatic carbocycles. The molecule has 0 spiro atoms. The molecule has 8 nitrogen and oxygen atoms in total. The fraction of sp³-hybridized carbons (Fsp3) is 0.375. The van der Waals surface area contributed by atoms with Crippen molar-refractivity contribution in [3.63, 3.8) is 0 Å². The van der Waals surface area contributed by atoms with E-state index in [9.17, 15) is 14.7 Å². The lowest BCUT2D eigenvalue weighted by atomic mass is 10.0. The number of aromatic hydroxyl groups is 1. The predicted octanol–water partition coefficient (Wildman–Crippen LogP) is 3.92. The number of para-hydroxylation sites is 1. The van der Waals surface area contributed by atoms with Gasteiger partial charge in [-0.2, -0.15) is 5.10 Å². The summed E-state index contributed by atoms with van der Waals surface area (Å²) in [7, 11) is 0. The number of carbonyl (C=O) groups is 2. The van der Waals surface area contributed by atoms with Crippen LogP contribution in [-0.2, 0) is 9.59 Å². The van der Waals surface area contributed by atoms with E-state index in [1.54, 1.807) is 18.2 Å². The van der Waals surface area contributed by atoms with Crippen molar-refractivity contribution in [3.05, 3.63) is 52.0 Å². The highest BCUT2D eigenvalue weighted by atomic mass is 79.9. The van der Waals surface area contributed by atoms with Crippen LogP contribution in [0.2, 0.25) is 0 Å². The molecule has 2 aromatic rings. The van der Waals surface area contributed by atoms with Crippen LogP contribution < -0.4 is 20.2 Å². The number of phenols is 1. The van der Waals surface area contributed by atoms with Crippen molar-refractivity contribution in [1.29, 1.82) is 0 Å². The molecular weight excluding hydrogens is 490 g/mol. The largest absolute Gasteiger partial charge is 0.503 e. The van der Waals surface area contributed by atoms with E-state index in [-0.39, 0.29) is 18.3 Å². The predicted molar refractivity (Wildman–Crippen MR) is 131 cm³/mol. The minimum Gasteiger partial charge on any atom is -0.503 e. The number of hydrogen-bond donors (Lipinski definition) is 3. The normalized spacial score (nSPS) is 11.9. The van der Waals surface area contributed by atoms with Crippen LogP contribution in [0.1, 0.15) is 38.3 Å². The number of phenolic OH excluding ortho intramolecular Hbond substituents is 1. The van der Waals surface area contributed by atoms with Gasteiger partial charge in [0.15, 0.2) is 18.1 Å². The topological polar surface area (TPSA) is 109 Å². The third-order valence-electron chi connectivity index (χ3n) is 4.55. The second-order valence-corrected chi connectivity index (χ2v) is 8.67. The zero-order valence-electron chi connectivity index (χ0n) is 19.2. The first-order valence-corrected chi connectivity index (χ1v) is 11.5. The van der Waals surface area contributed by atoms with Gasteiger partial charge in [-0.25, -0.2) is 5.43 Å². The molecule has 3 N–H and O–H groups in total. The van der Waals surface area contributed by atoms with E-state index in [4.69, 9.17) is 9.47 Å². The molecule has 0 aromatic heterocycles. The standard InChI is InChI=1S/C24H30BrN3O5/c1-5-32-21-12-17(11-18(25)23(21)30)13-26-28-24(31)19(10-15(2)3)27-22(29)14-33-20-9-7-6-8-16(20)4/h6-9,11-13,15,19,30H,5,10,14H2,1-4H3,(H,27,29)(H,28,31)/b26-13-/t19-/m0/s1. The highest BCUT2D eigenvalue weighted by Crippen LogP contribution is 2.35. The minimum absolute atomic E-state index is 0.00865. The van der Waals surface area contributed by atoms with Crippen molar-refractivity contribution in [3.8, 4) is 17.2 Å². The van der Waals surface area contributed by atoms with Gasteiger partial charge in [-0.15, -0.1) is 0 Å². The van der Waals surface area contributed by atoms with E-state index >= 15 is 0 Å². The summed E-state index contributed by atoms with van der Waals surface area (Å²) in [4.78, 5) is 25.1. The van der Waals surface area contributed by atoms with Gasteiger partial charge in [0.2, 0.25) is 0 Å². The third-order valence-corrected chi connectivity index (χ3v) is 5.15. The Labute approximate surface area is 202 Å². The summed E-state index contributed by atoms with van der Waals surface area (Å²) in [6.45, 7) is 7.82. The number of hydrogen-bond acceptors (Lipinski definition) is 6. The molecule has 0 saturated heterocycles. The summed E-state index contributed by atoms with van der Waals surface area (Å²) in [5, 5.41) is 16.7. The Morgan fingerprint density at radius 1 is 1.18 bits per heavy atom. The van der Waals surface area contributed by atoms with Crippen LogP contribution in [0.25, 0.3) is 0 Å². The molecule has 0 aliphatic heterocycles. The van der Waals surface area contributed by atoms with Gasteiger partial charge in [-0.3, -0.25) is 9.59 Å². The molecular formula is C24H30BrN3O5. The number of aryl methyl sites for hydroxylation is 1. The van der Waals surface area contributed by atoms with Crippen molar-refractivity contribution < 1.29 is 24.2 Å². The number of nitrogens with one attached hydrogen (secondary N) is 2. The van der Waals surface area contributed by atoms with Crippen LogP contribution >= 0.6 is 15.9 Å². The Morgan fingerprint density at radius 2 is 1.91 bits per heavy atom. The van der Waals surface area contributed by atoms with E-state index < -0.39 is 17.9 Å². The summed E-state index contributed by atoms with van der Waals surface area (Å²) >= 11 is 3.26. The highest BCUT2D eigenvalue weighted by molar-refractivity contribution is 9.10. The zero-order chi connectivity index (χ0) is 24.4. The maximum absolute atomic E-state index is 12.7. The van der Waals surface area contributed by atoms with Gasteiger partial charge in [0.1, 0.15) is 11.8 Å². The van der Waals surface area contributed by atoms with E-state index in [0.29, 0.717) is 34.6 Å². The Balaban J connectivity index is 1.99. The summed E-state index contributed by atoms with van der Waals surface area (Å²) in [6.07, 6.45) is 1.87. The second-order valence-electron chi connectivity index (χ2n) is 7.82. The zero-order valence-corrected chi connectivity index (χ0v) is 20.8. The number of nitrogens with zero attached hydrogens (tertiary/aromatic N) is 1. The maximum Gasteiger partial charge on any atom is 0.262 e. The van der Waals surface area contributed by atoms with Gasteiger partial charge in [-0.1, -0.05) is 32.0 Å². The molecule has 2 amide bonds. The lowest BCUT2D eigenvalue weighted by Crippen LogP contribution is -2.47. The number of hydrazone groups is 1. The Hall–Kier alpha value is -3.07. The number of benzene rings is 2. The summed E-state index contributed by atoms with van der Waals surface area (Å²) in [6, 6.07) is 9.88. The van der Waals surface area contributed by atoms with E-state index in [2.05, 4.69) is 31.8 Å². The van der Waals surface area contributed by atoms with Crippen molar-refractivity contribution in [2.75, 3.05) is 13.2 Å². The molecule has 0 radical (unpaired) electrons. The van der Waals surface area contributed by atoms with Gasteiger partial charge >= 0.3 is 0 Å². The first-order chi connectivity index (χ1) is 15.7. The van der Waals surface area contributed by atoms with Crippen LogP contribution in [0.3, 0.4) is 0 Å². The average molecular weight is 520 g/mol. The van der Waals surface area contributed by atoms with Gasteiger partial charge in [0.25, 0.3) is 11.8 Å². The smallest absolute Gasteiger partial charge is 0.262 e. The molecule has 0 aliphatic rings. The van der Waals surface area contributed by atoms with Crippen molar-refractivity contribution in [2.24, 2.45) is 11.0 Å². The van der Waals surface area contributed by atoms with E-state index in [0.717, 1.165) is 5.56 Å². The summed E-state index contributed by atoms with van der Waals surface area (Å²) in [5.74, 6) is 0.251. The molecule has 0 bridgehead atoms. The first kappa shape index (κ1) is 26.2. The summed E-state index contributed by atoms with van der Waals surface area (Å²) in [5.41, 5.74) is 4.00. The van der Waals surface area contributed by atoms with E-state index in [1.807, 2.05) is 45.9 Å². The van der Waals surface area contributed by atoms with Crippen molar-refractivity contribution >= 4 is 34.0 Å². The third kappa shape index (κ3) is 8.42. The number of ether oxygens (including phenoxy) is 2. The highest BCUT2D eigenvalue weighted by Gasteiger charge is 2.22. The SMILES string of the molecule is CCOc1cc(/C=N\NC(=O)[C@H](CC(C)C)NC(=O)COc2ccccc2C)cc(Br)c1O. The molecule has 0 unspecified atom stereocenters. The fourth-order valence-electron chi connectivity index (χ4n) is 2.98. The lowest BCUT2D eigenvalue weighted by molar-refractivity contribution is -0.130. The van der Waals surface area contributed by atoms with Crippen LogP contribution in [0, 0.1) is 12.8 Å². The van der Waals surface area contributed by atoms with Gasteiger partial charge in [0, 0.05) is 0 Å². The Morgan fingerprint density at radius 3 is 2.58 bits per heavy atom. The molecule has 2 rings (SSSR count). The van der Waals surface area contributed by atoms with Gasteiger partial charge < -0.3 is 19.9 Å². The quantitative estimate of drug-likeness (QED) is 0.308. The maximum atomic E-state index is 12.7. The average Bonchev–Trinajstić information content (AvgIpc) is 2.76. The van der Waals surface area contributed by atoms with Crippen molar-refractivity contribution in [2.45, 2.75) is 40.2 Å². The monoisotopic (exact) mass is 519 g/mol. The Kier molecular flexibility index (Phi) is 10.2. The molecule has 178 valence electrons. The molecule has 33 heavy (non-hydrogen) atoms. The van der Waals surface area contributed by atoms with Crippen LogP contribution in [-0.4, -0.2) is 42.4 Å².